The summed E-state index contributed by atoms with van der Waals surface area (Å²) in [6.07, 6.45) is -0.950. The molecule has 1 rings (SSSR count). The predicted molar refractivity (Wildman–Crippen MR) is 57.9 cm³/mol. The van der Waals surface area contributed by atoms with Gasteiger partial charge in [-0.1, -0.05) is 6.07 Å². The van der Waals surface area contributed by atoms with E-state index in [2.05, 4.69) is 12.6 Å². The summed E-state index contributed by atoms with van der Waals surface area (Å²) in [4.78, 5) is 20.5. The van der Waals surface area contributed by atoms with Crippen molar-refractivity contribution in [2.24, 2.45) is 0 Å². The van der Waals surface area contributed by atoms with Crippen LogP contribution >= 0.6 is 12.6 Å². The zero-order chi connectivity index (χ0) is 12.5. The Hall–Kier alpha value is -1.60. The topological polar surface area (TPSA) is 101 Å². The number of nitrogens with zero attached hydrogens (tertiary/aromatic N) is 1. The molecule has 1 atom stereocenters. The highest BCUT2D eigenvalue weighted by Crippen LogP contribution is 2.33. The van der Waals surface area contributed by atoms with Crippen LogP contribution in [-0.4, -0.2) is 21.1 Å². The molecule has 0 aromatic heterocycles. The van der Waals surface area contributed by atoms with Crippen LogP contribution in [0.15, 0.2) is 17.0 Å². The summed E-state index contributed by atoms with van der Waals surface area (Å²) in [6, 6.07) is 2.39. The predicted octanol–water partition coefficient (Wildman–Crippen LogP) is 1.63. The molecule has 0 radical (unpaired) electrons. The molecule has 1 aromatic rings. The highest BCUT2D eigenvalue weighted by atomic mass is 32.1. The number of rotatable bonds is 3. The number of aliphatic hydroxyl groups is 1. The molecule has 16 heavy (non-hydrogen) atoms. The van der Waals surface area contributed by atoms with Crippen LogP contribution in [0.25, 0.3) is 0 Å². The van der Waals surface area contributed by atoms with E-state index in [1.165, 1.54) is 13.0 Å². The largest absolute Gasteiger partial charge is 0.477 e. The molecule has 0 bridgehead atoms. The van der Waals surface area contributed by atoms with E-state index in [4.69, 9.17) is 5.11 Å². The van der Waals surface area contributed by atoms with Gasteiger partial charge in [-0.05, 0) is 13.0 Å². The van der Waals surface area contributed by atoms with Gasteiger partial charge < -0.3 is 10.2 Å². The number of benzene rings is 1. The summed E-state index contributed by atoms with van der Waals surface area (Å²) in [5.74, 6) is -1.40. The van der Waals surface area contributed by atoms with Crippen molar-refractivity contribution in [1.29, 1.82) is 0 Å². The third-order valence-corrected chi connectivity index (χ3v) is 2.52. The van der Waals surface area contributed by atoms with Crippen molar-refractivity contribution >= 4 is 24.3 Å². The minimum Gasteiger partial charge on any atom is -0.477 e. The maximum Gasteiger partial charge on any atom is 0.342 e. The molecular weight excluding hydrogens is 234 g/mol. The Morgan fingerprint density at radius 1 is 1.56 bits per heavy atom. The number of carboxylic acids is 1. The number of carboxylic acid groups (broad SMARTS) is 1. The van der Waals surface area contributed by atoms with Gasteiger partial charge in [0.25, 0.3) is 5.69 Å². The molecule has 1 unspecified atom stereocenters. The van der Waals surface area contributed by atoms with E-state index in [0.29, 0.717) is 0 Å². The van der Waals surface area contributed by atoms with Gasteiger partial charge in [0.15, 0.2) is 0 Å². The lowest BCUT2D eigenvalue weighted by Crippen LogP contribution is -2.06. The number of nitro groups is 1. The average Bonchev–Trinajstić information content (AvgIpc) is 2.15. The molecule has 0 amide bonds. The molecule has 0 aliphatic heterocycles. The van der Waals surface area contributed by atoms with Gasteiger partial charge in [-0.15, -0.1) is 12.6 Å². The van der Waals surface area contributed by atoms with Crippen LogP contribution in [0.4, 0.5) is 5.69 Å². The number of hydrogen-bond donors (Lipinski definition) is 3. The first-order valence-electron chi connectivity index (χ1n) is 4.28. The van der Waals surface area contributed by atoms with E-state index in [0.717, 1.165) is 6.07 Å². The number of aliphatic hydroxyl groups excluding tert-OH is 1. The van der Waals surface area contributed by atoms with E-state index in [-0.39, 0.29) is 10.5 Å². The fourth-order valence-electron chi connectivity index (χ4n) is 1.29. The maximum absolute atomic E-state index is 10.8. The number of carbonyl (C=O) groups is 1. The Balaban J connectivity index is 3.54. The molecule has 7 heteroatoms. The third-order valence-electron chi connectivity index (χ3n) is 2.05. The average molecular weight is 243 g/mol. The maximum atomic E-state index is 10.8. The first-order chi connectivity index (χ1) is 7.36. The van der Waals surface area contributed by atoms with Crippen LogP contribution in [0.1, 0.15) is 28.9 Å². The van der Waals surface area contributed by atoms with Crippen LogP contribution in [-0.2, 0) is 0 Å². The van der Waals surface area contributed by atoms with Crippen LogP contribution < -0.4 is 0 Å². The highest BCUT2D eigenvalue weighted by molar-refractivity contribution is 7.80. The summed E-state index contributed by atoms with van der Waals surface area (Å²) in [7, 11) is 0. The fraction of sp³-hybridized carbons (Fsp3) is 0.222. The van der Waals surface area contributed by atoms with Crippen molar-refractivity contribution < 1.29 is 19.9 Å². The van der Waals surface area contributed by atoms with Gasteiger partial charge >= 0.3 is 5.97 Å². The second-order valence-electron chi connectivity index (χ2n) is 3.14. The molecule has 0 aliphatic carbocycles. The van der Waals surface area contributed by atoms with Crippen molar-refractivity contribution in [3.63, 3.8) is 0 Å². The monoisotopic (exact) mass is 243 g/mol. The Morgan fingerprint density at radius 2 is 2.12 bits per heavy atom. The Morgan fingerprint density at radius 3 is 2.50 bits per heavy atom. The van der Waals surface area contributed by atoms with Crippen molar-refractivity contribution in [2.45, 2.75) is 17.9 Å². The normalized spacial score (nSPS) is 12.2. The SMILES string of the molecule is CC(O)c1ccc(C(=O)O)c([N+](=O)[O-])c1S. The molecular formula is C9H9NO5S. The summed E-state index contributed by atoms with van der Waals surface area (Å²) < 4.78 is 0. The quantitative estimate of drug-likeness (QED) is 0.425. The summed E-state index contributed by atoms with van der Waals surface area (Å²) in [5, 5.41) is 28.8. The standard InChI is InChI=1S/C9H9NO5S/c1-4(11)5-2-3-6(9(12)13)7(8(5)16)10(14)15/h2-4,11,16H,1H3,(H,12,13). The molecule has 0 aliphatic rings. The van der Waals surface area contributed by atoms with Gasteiger partial charge in [-0.2, -0.15) is 0 Å². The van der Waals surface area contributed by atoms with Gasteiger partial charge in [0.1, 0.15) is 5.56 Å². The minimum atomic E-state index is -1.40. The molecule has 6 nitrogen and oxygen atoms in total. The molecule has 0 spiro atoms. The number of hydrogen-bond acceptors (Lipinski definition) is 5. The zero-order valence-electron chi connectivity index (χ0n) is 8.25. The summed E-state index contributed by atoms with van der Waals surface area (Å²) in [5.41, 5.74) is -0.825. The summed E-state index contributed by atoms with van der Waals surface area (Å²) >= 11 is 3.89. The van der Waals surface area contributed by atoms with Crippen LogP contribution in [0.5, 0.6) is 0 Å². The van der Waals surface area contributed by atoms with Crippen LogP contribution in [0.3, 0.4) is 0 Å². The molecule has 1 aromatic carbocycles. The van der Waals surface area contributed by atoms with Crippen molar-refractivity contribution in [2.75, 3.05) is 0 Å². The first-order valence-corrected chi connectivity index (χ1v) is 4.72. The van der Waals surface area contributed by atoms with Gasteiger partial charge in [0, 0.05) is 5.56 Å². The van der Waals surface area contributed by atoms with Gasteiger partial charge in [-0.25, -0.2) is 4.79 Å². The Bertz CT molecular complexity index is 457. The summed E-state index contributed by atoms with van der Waals surface area (Å²) in [6.45, 7) is 1.42. The Kier molecular flexibility index (Phi) is 3.51. The lowest BCUT2D eigenvalue weighted by molar-refractivity contribution is -0.388. The lowest BCUT2D eigenvalue weighted by atomic mass is 10.1. The zero-order valence-corrected chi connectivity index (χ0v) is 9.14. The second-order valence-corrected chi connectivity index (χ2v) is 3.59. The van der Waals surface area contributed by atoms with Crippen molar-refractivity contribution in [3.8, 4) is 0 Å². The molecule has 86 valence electrons. The van der Waals surface area contributed by atoms with E-state index in [1.807, 2.05) is 0 Å². The van der Waals surface area contributed by atoms with Gasteiger partial charge in [-0.3, -0.25) is 10.1 Å². The van der Waals surface area contributed by atoms with Gasteiger partial charge in [0.2, 0.25) is 0 Å². The fourth-order valence-corrected chi connectivity index (χ4v) is 1.75. The van der Waals surface area contributed by atoms with E-state index < -0.39 is 28.2 Å². The minimum absolute atomic E-state index is 0.125. The van der Waals surface area contributed by atoms with Gasteiger partial charge in [0.05, 0.1) is 15.9 Å². The smallest absolute Gasteiger partial charge is 0.342 e. The molecule has 2 N–H and O–H groups in total. The molecule has 0 heterocycles. The van der Waals surface area contributed by atoms with E-state index in [9.17, 15) is 20.0 Å². The second kappa shape index (κ2) is 4.50. The molecule has 0 saturated heterocycles. The first kappa shape index (κ1) is 12.5. The number of thiol groups is 1. The highest BCUT2D eigenvalue weighted by Gasteiger charge is 2.26. The van der Waals surface area contributed by atoms with E-state index >= 15 is 0 Å². The van der Waals surface area contributed by atoms with Crippen molar-refractivity contribution in [3.05, 3.63) is 33.4 Å². The van der Waals surface area contributed by atoms with E-state index in [1.54, 1.807) is 0 Å². The Labute approximate surface area is 96.1 Å². The molecule has 0 saturated carbocycles. The third kappa shape index (κ3) is 2.15. The van der Waals surface area contributed by atoms with Crippen molar-refractivity contribution in [1.82, 2.24) is 0 Å². The number of aromatic carboxylic acids is 1. The van der Waals surface area contributed by atoms with Crippen LogP contribution in [0.2, 0.25) is 0 Å². The number of nitro benzene ring substituents is 1. The lowest BCUT2D eigenvalue weighted by Gasteiger charge is -2.09. The molecule has 0 fully saturated rings. The van der Waals surface area contributed by atoms with Crippen LogP contribution in [0, 0.1) is 10.1 Å².